The summed E-state index contributed by atoms with van der Waals surface area (Å²) in [4.78, 5) is 21.4. The minimum atomic E-state index is -4.71. The number of aryl methyl sites for hydroxylation is 1. The van der Waals surface area contributed by atoms with Crippen molar-refractivity contribution >= 4 is 11.6 Å². The third-order valence-corrected chi connectivity index (χ3v) is 4.11. The van der Waals surface area contributed by atoms with Crippen molar-refractivity contribution in [2.24, 2.45) is 0 Å². The first-order valence-corrected chi connectivity index (χ1v) is 7.96. The molecule has 8 nitrogen and oxygen atoms in total. The predicted octanol–water partition coefficient (Wildman–Crippen LogP) is 3.31. The lowest BCUT2D eigenvalue weighted by Gasteiger charge is -2.22. The molecule has 1 fully saturated rings. The van der Waals surface area contributed by atoms with E-state index in [0.717, 1.165) is 0 Å². The van der Waals surface area contributed by atoms with Gasteiger partial charge in [-0.1, -0.05) is 10.3 Å². The van der Waals surface area contributed by atoms with E-state index in [1.54, 1.807) is 19.1 Å². The molecule has 1 atom stereocenters. The van der Waals surface area contributed by atoms with E-state index < -0.39 is 12.1 Å². The molecule has 0 radical (unpaired) electrons. The van der Waals surface area contributed by atoms with Gasteiger partial charge in [-0.15, -0.1) is 0 Å². The van der Waals surface area contributed by atoms with Crippen molar-refractivity contribution in [3.8, 4) is 11.4 Å². The van der Waals surface area contributed by atoms with Crippen molar-refractivity contribution in [2.75, 3.05) is 4.90 Å². The average Bonchev–Trinajstić information content (AvgIpc) is 3.34. The topological polar surface area (TPSA) is 98.2 Å². The molecule has 0 saturated carbocycles. The zero-order chi connectivity index (χ0) is 19.2. The molecular weight excluding hydrogens is 367 g/mol. The molecule has 11 heteroatoms. The summed E-state index contributed by atoms with van der Waals surface area (Å²) in [5.41, 5.74) is 0.886. The fourth-order valence-electron chi connectivity index (χ4n) is 2.92. The van der Waals surface area contributed by atoms with Crippen molar-refractivity contribution in [1.29, 1.82) is 0 Å². The standard InChI is InChI=1S/C16H12F3N5O3/c1-8-20-14(26-22-8)11-6-7-12(25)24(11)10-4-2-9(3-5-10)13-21-15(27-23-13)16(17,18)19/h2-5,11H,6-7H2,1H3/t11-/m0/s1. The van der Waals surface area contributed by atoms with Crippen molar-refractivity contribution in [3.63, 3.8) is 0 Å². The Kier molecular flexibility index (Phi) is 3.93. The second-order valence-electron chi connectivity index (χ2n) is 5.97. The second-order valence-corrected chi connectivity index (χ2v) is 5.97. The van der Waals surface area contributed by atoms with Crippen LogP contribution in [0.1, 0.15) is 36.5 Å². The Balaban J connectivity index is 1.61. The largest absolute Gasteiger partial charge is 0.471 e. The molecule has 0 bridgehead atoms. The predicted molar refractivity (Wildman–Crippen MR) is 83.2 cm³/mol. The first kappa shape index (κ1) is 17.2. The highest BCUT2D eigenvalue weighted by Crippen LogP contribution is 2.37. The molecule has 3 heterocycles. The van der Waals surface area contributed by atoms with Crippen LogP contribution in [0.3, 0.4) is 0 Å². The van der Waals surface area contributed by atoms with E-state index in [9.17, 15) is 18.0 Å². The van der Waals surface area contributed by atoms with Crippen LogP contribution < -0.4 is 4.90 Å². The molecule has 140 valence electrons. The Morgan fingerprint density at radius 2 is 1.85 bits per heavy atom. The summed E-state index contributed by atoms with van der Waals surface area (Å²) in [5.74, 6) is -0.899. The molecule has 0 N–H and O–H groups in total. The van der Waals surface area contributed by atoms with Crippen LogP contribution in [0.25, 0.3) is 11.4 Å². The summed E-state index contributed by atoms with van der Waals surface area (Å²) in [5, 5.41) is 7.09. The Bertz CT molecular complexity index is 980. The lowest BCUT2D eigenvalue weighted by molar-refractivity contribution is -0.159. The molecule has 0 aliphatic carbocycles. The molecule has 2 aromatic heterocycles. The summed E-state index contributed by atoms with van der Waals surface area (Å²) in [6.07, 6.45) is -3.85. The fraction of sp³-hybridized carbons (Fsp3) is 0.312. The first-order valence-electron chi connectivity index (χ1n) is 7.96. The van der Waals surface area contributed by atoms with Crippen LogP contribution in [0.4, 0.5) is 18.9 Å². The Morgan fingerprint density at radius 1 is 1.11 bits per heavy atom. The fourth-order valence-corrected chi connectivity index (χ4v) is 2.92. The summed E-state index contributed by atoms with van der Waals surface area (Å²) in [6.45, 7) is 1.68. The van der Waals surface area contributed by atoms with E-state index in [2.05, 4.69) is 24.8 Å². The summed E-state index contributed by atoms with van der Waals surface area (Å²) in [6, 6.07) is 5.84. The smallest absolute Gasteiger partial charge is 0.337 e. The molecule has 1 saturated heterocycles. The van der Waals surface area contributed by atoms with Crippen molar-refractivity contribution in [2.45, 2.75) is 32.0 Å². The Morgan fingerprint density at radius 3 is 2.44 bits per heavy atom. The van der Waals surface area contributed by atoms with Gasteiger partial charge in [-0.05, 0) is 37.6 Å². The van der Waals surface area contributed by atoms with E-state index in [-0.39, 0.29) is 17.8 Å². The van der Waals surface area contributed by atoms with E-state index in [0.29, 0.717) is 35.8 Å². The van der Waals surface area contributed by atoms with Gasteiger partial charge in [0.15, 0.2) is 5.82 Å². The van der Waals surface area contributed by atoms with E-state index in [1.807, 2.05) is 0 Å². The quantitative estimate of drug-likeness (QED) is 0.688. The number of nitrogens with zero attached hydrogens (tertiary/aromatic N) is 5. The van der Waals surface area contributed by atoms with Crippen LogP contribution >= 0.6 is 0 Å². The SMILES string of the molecule is Cc1noc([C@@H]2CCC(=O)N2c2ccc(-c3noc(C(F)(F)F)n3)cc2)n1. The van der Waals surface area contributed by atoms with Gasteiger partial charge in [0.25, 0.3) is 0 Å². The number of hydrogen-bond acceptors (Lipinski definition) is 7. The van der Waals surface area contributed by atoms with E-state index >= 15 is 0 Å². The number of alkyl halides is 3. The Hall–Kier alpha value is -3.24. The number of carbonyl (C=O) groups excluding carboxylic acids is 1. The van der Waals surface area contributed by atoms with Gasteiger partial charge in [-0.2, -0.15) is 23.1 Å². The monoisotopic (exact) mass is 379 g/mol. The summed E-state index contributed by atoms with van der Waals surface area (Å²) in [7, 11) is 0. The number of rotatable bonds is 3. The maximum Gasteiger partial charge on any atom is 0.471 e. The molecule has 0 unspecified atom stereocenters. The van der Waals surface area contributed by atoms with Gasteiger partial charge in [0.2, 0.25) is 17.6 Å². The van der Waals surface area contributed by atoms with Gasteiger partial charge in [0.1, 0.15) is 6.04 Å². The van der Waals surface area contributed by atoms with Crippen LogP contribution in [-0.4, -0.2) is 26.2 Å². The first-order chi connectivity index (χ1) is 12.8. The number of carbonyl (C=O) groups is 1. The number of aromatic nitrogens is 4. The van der Waals surface area contributed by atoms with Crippen LogP contribution in [0.2, 0.25) is 0 Å². The minimum Gasteiger partial charge on any atom is -0.337 e. The van der Waals surface area contributed by atoms with Crippen molar-refractivity contribution in [1.82, 2.24) is 20.3 Å². The highest BCUT2D eigenvalue weighted by Gasteiger charge is 2.39. The molecule has 1 amide bonds. The van der Waals surface area contributed by atoms with Crippen LogP contribution in [0, 0.1) is 6.92 Å². The van der Waals surface area contributed by atoms with Gasteiger partial charge in [-0.3, -0.25) is 9.69 Å². The molecule has 4 rings (SSSR count). The highest BCUT2D eigenvalue weighted by atomic mass is 19.4. The van der Waals surface area contributed by atoms with Crippen molar-refractivity contribution in [3.05, 3.63) is 41.9 Å². The van der Waals surface area contributed by atoms with Gasteiger partial charge < -0.3 is 9.05 Å². The number of halogens is 3. The minimum absolute atomic E-state index is 0.109. The van der Waals surface area contributed by atoms with Crippen molar-refractivity contribution < 1.29 is 27.0 Å². The molecule has 1 aromatic carbocycles. The number of hydrogen-bond donors (Lipinski definition) is 0. The lowest BCUT2D eigenvalue weighted by Crippen LogP contribution is -2.27. The van der Waals surface area contributed by atoms with Crippen LogP contribution in [0.15, 0.2) is 33.3 Å². The normalized spacial score (nSPS) is 17.7. The molecular formula is C16H12F3N5O3. The molecule has 1 aliphatic rings. The summed E-state index contributed by atoms with van der Waals surface area (Å²) >= 11 is 0. The second kappa shape index (κ2) is 6.18. The zero-order valence-corrected chi connectivity index (χ0v) is 13.9. The zero-order valence-electron chi connectivity index (χ0n) is 13.9. The van der Waals surface area contributed by atoms with E-state index in [4.69, 9.17) is 4.52 Å². The highest BCUT2D eigenvalue weighted by molar-refractivity contribution is 5.96. The van der Waals surface area contributed by atoms with Gasteiger partial charge in [-0.25, -0.2) is 0 Å². The van der Waals surface area contributed by atoms with Crippen LogP contribution in [0.5, 0.6) is 0 Å². The summed E-state index contributed by atoms with van der Waals surface area (Å²) < 4.78 is 47.1. The molecule has 0 spiro atoms. The Labute approximate surface area is 150 Å². The maximum atomic E-state index is 12.6. The van der Waals surface area contributed by atoms with Gasteiger partial charge in [0.05, 0.1) is 0 Å². The average molecular weight is 379 g/mol. The maximum absolute atomic E-state index is 12.6. The third-order valence-electron chi connectivity index (χ3n) is 4.11. The number of benzene rings is 1. The lowest BCUT2D eigenvalue weighted by atomic mass is 10.1. The molecule has 27 heavy (non-hydrogen) atoms. The van der Waals surface area contributed by atoms with Gasteiger partial charge in [0, 0.05) is 17.7 Å². The number of amides is 1. The van der Waals surface area contributed by atoms with Crippen LogP contribution in [-0.2, 0) is 11.0 Å². The molecule has 3 aromatic rings. The third kappa shape index (κ3) is 3.15. The van der Waals surface area contributed by atoms with E-state index in [1.165, 1.54) is 17.0 Å². The number of anilines is 1. The molecule has 1 aliphatic heterocycles. The van der Waals surface area contributed by atoms with Gasteiger partial charge >= 0.3 is 12.1 Å².